The van der Waals surface area contributed by atoms with Crippen LogP contribution in [0, 0.1) is 0 Å². The third kappa shape index (κ3) is 4.44. The summed E-state index contributed by atoms with van der Waals surface area (Å²) in [5.41, 5.74) is 3.00. The Morgan fingerprint density at radius 3 is 2.66 bits per heavy atom. The van der Waals surface area contributed by atoms with Gasteiger partial charge in [-0.25, -0.2) is 0 Å². The molecule has 0 aliphatic carbocycles. The molecule has 2 aliphatic heterocycles. The second-order valence-electron chi connectivity index (χ2n) is 8.08. The fourth-order valence-corrected chi connectivity index (χ4v) is 4.49. The summed E-state index contributed by atoms with van der Waals surface area (Å²) in [6.45, 7) is 1.90. The van der Waals surface area contributed by atoms with E-state index in [-0.39, 0.29) is 23.6 Å². The van der Waals surface area contributed by atoms with E-state index in [0.29, 0.717) is 19.5 Å². The minimum atomic E-state index is 0.0379. The molecule has 152 valence electrons. The predicted octanol–water partition coefficient (Wildman–Crippen LogP) is 3.75. The van der Waals surface area contributed by atoms with Crippen LogP contribution in [0.2, 0.25) is 0 Å². The molecule has 2 amide bonds. The number of fused-ring (bicyclic) bond motifs is 1. The average molecular weight is 392 g/mol. The van der Waals surface area contributed by atoms with Crippen LogP contribution in [0.4, 0.5) is 0 Å². The van der Waals surface area contributed by atoms with Crippen molar-refractivity contribution in [2.24, 2.45) is 0 Å². The first kappa shape index (κ1) is 19.5. The van der Waals surface area contributed by atoms with Gasteiger partial charge in [0.2, 0.25) is 5.91 Å². The summed E-state index contributed by atoms with van der Waals surface area (Å²) in [6, 6.07) is 15.3. The van der Waals surface area contributed by atoms with Crippen molar-refractivity contribution >= 4 is 11.8 Å². The number of likely N-dealkylation sites (tertiary alicyclic amines) is 1. The molecule has 1 saturated heterocycles. The van der Waals surface area contributed by atoms with E-state index in [1.807, 2.05) is 41.3 Å². The normalized spacial score (nSPS) is 18.8. The SMILES string of the molecule is O=C1c2ccccc2CN1CCC(=O)N1CCCC[C@H]1CCc1ccc(O)cc1. The Kier molecular flexibility index (Phi) is 5.84. The summed E-state index contributed by atoms with van der Waals surface area (Å²) in [5, 5.41) is 9.43. The molecule has 2 aromatic carbocycles. The third-order valence-electron chi connectivity index (χ3n) is 6.14. The number of rotatable bonds is 6. The number of hydrogen-bond acceptors (Lipinski definition) is 3. The summed E-state index contributed by atoms with van der Waals surface area (Å²) in [5.74, 6) is 0.474. The molecular formula is C24H28N2O3. The van der Waals surface area contributed by atoms with Crippen LogP contribution in [0.5, 0.6) is 5.75 Å². The number of benzene rings is 2. The van der Waals surface area contributed by atoms with Crippen molar-refractivity contribution in [2.45, 2.75) is 51.1 Å². The van der Waals surface area contributed by atoms with Crippen LogP contribution in [0.3, 0.4) is 0 Å². The van der Waals surface area contributed by atoms with Crippen LogP contribution in [-0.4, -0.2) is 45.9 Å². The predicted molar refractivity (Wildman–Crippen MR) is 112 cm³/mol. The number of phenolic OH excluding ortho intramolecular Hbond substituents is 1. The van der Waals surface area contributed by atoms with Gasteiger partial charge in [-0.1, -0.05) is 30.3 Å². The van der Waals surface area contributed by atoms with E-state index < -0.39 is 0 Å². The molecule has 1 atom stereocenters. The highest BCUT2D eigenvalue weighted by Crippen LogP contribution is 2.25. The van der Waals surface area contributed by atoms with E-state index >= 15 is 0 Å². The lowest BCUT2D eigenvalue weighted by atomic mass is 9.95. The van der Waals surface area contributed by atoms with Crippen LogP contribution in [0.1, 0.15) is 53.6 Å². The lowest BCUT2D eigenvalue weighted by Crippen LogP contribution is -2.45. The highest BCUT2D eigenvalue weighted by molar-refractivity contribution is 5.98. The van der Waals surface area contributed by atoms with E-state index in [0.717, 1.165) is 49.8 Å². The van der Waals surface area contributed by atoms with Crippen molar-refractivity contribution in [3.05, 3.63) is 65.2 Å². The Hall–Kier alpha value is -2.82. The van der Waals surface area contributed by atoms with Crippen molar-refractivity contribution in [3.8, 4) is 5.75 Å². The molecule has 5 heteroatoms. The van der Waals surface area contributed by atoms with Crippen molar-refractivity contribution in [3.63, 3.8) is 0 Å². The summed E-state index contributed by atoms with van der Waals surface area (Å²) < 4.78 is 0. The van der Waals surface area contributed by atoms with E-state index in [1.165, 1.54) is 5.56 Å². The summed E-state index contributed by atoms with van der Waals surface area (Å²) in [6.07, 6.45) is 5.46. The van der Waals surface area contributed by atoms with Crippen molar-refractivity contribution < 1.29 is 14.7 Å². The van der Waals surface area contributed by atoms with Gasteiger partial charge in [0.05, 0.1) is 0 Å². The minimum Gasteiger partial charge on any atom is -0.508 e. The van der Waals surface area contributed by atoms with Gasteiger partial charge in [0.15, 0.2) is 0 Å². The fraction of sp³-hybridized carbons (Fsp3) is 0.417. The summed E-state index contributed by atoms with van der Waals surface area (Å²) >= 11 is 0. The number of amides is 2. The van der Waals surface area contributed by atoms with Crippen LogP contribution in [0.25, 0.3) is 0 Å². The summed E-state index contributed by atoms with van der Waals surface area (Å²) in [4.78, 5) is 29.3. The molecule has 0 aromatic heterocycles. The molecule has 1 N–H and O–H groups in total. The first-order valence-electron chi connectivity index (χ1n) is 10.6. The van der Waals surface area contributed by atoms with Gasteiger partial charge in [-0.3, -0.25) is 9.59 Å². The average Bonchev–Trinajstić information content (AvgIpc) is 3.08. The maximum Gasteiger partial charge on any atom is 0.254 e. The molecule has 0 saturated carbocycles. The zero-order valence-electron chi connectivity index (χ0n) is 16.7. The number of carbonyl (C=O) groups excluding carboxylic acids is 2. The van der Waals surface area contributed by atoms with Gasteiger partial charge in [0.1, 0.15) is 5.75 Å². The molecule has 1 fully saturated rings. The van der Waals surface area contributed by atoms with Crippen LogP contribution in [0.15, 0.2) is 48.5 Å². The molecule has 0 unspecified atom stereocenters. The first-order valence-corrected chi connectivity index (χ1v) is 10.6. The maximum atomic E-state index is 13.0. The van der Waals surface area contributed by atoms with Crippen molar-refractivity contribution in [1.82, 2.24) is 9.80 Å². The van der Waals surface area contributed by atoms with Gasteiger partial charge >= 0.3 is 0 Å². The number of phenols is 1. The van der Waals surface area contributed by atoms with E-state index in [1.54, 1.807) is 17.0 Å². The van der Waals surface area contributed by atoms with Gasteiger partial charge in [-0.15, -0.1) is 0 Å². The number of aromatic hydroxyl groups is 1. The third-order valence-corrected chi connectivity index (χ3v) is 6.14. The molecule has 0 spiro atoms. The number of aryl methyl sites for hydroxylation is 1. The number of carbonyl (C=O) groups is 2. The smallest absolute Gasteiger partial charge is 0.254 e. The summed E-state index contributed by atoms with van der Waals surface area (Å²) in [7, 11) is 0. The lowest BCUT2D eigenvalue weighted by molar-refractivity contribution is -0.135. The van der Waals surface area contributed by atoms with Gasteiger partial charge in [-0.2, -0.15) is 0 Å². The van der Waals surface area contributed by atoms with Gasteiger partial charge in [0, 0.05) is 37.7 Å². The lowest BCUT2D eigenvalue weighted by Gasteiger charge is -2.36. The second kappa shape index (κ2) is 8.68. The zero-order valence-corrected chi connectivity index (χ0v) is 16.7. The molecule has 0 radical (unpaired) electrons. The number of piperidine rings is 1. The quantitative estimate of drug-likeness (QED) is 0.814. The van der Waals surface area contributed by atoms with E-state index in [4.69, 9.17) is 0 Å². The largest absolute Gasteiger partial charge is 0.508 e. The first-order chi connectivity index (χ1) is 14.1. The van der Waals surface area contributed by atoms with Crippen LogP contribution < -0.4 is 0 Å². The molecule has 0 bridgehead atoms. The second-order valence-corrected chi connectivity index (χ2v) is 8.08. The number of nitrogens with zero attached hydrogens (tertiary/aromatic N) is 2. The van der Waals surface area contributed by atoms with Gasteiger partial charge in [-0.05, 0) is 61.4 Å². The topological polar surface area (TPSA) is 60.9 Å². The Balaban J connectivity index is 1.32. The Labute approximate surface area is 171 Å². The molecule has 2 aromatic rings. The van der Waals surface area contributed by atoms with Crippen LogP contribution >= 0.6 is 0 Å². The minimum absolute atomic E-state index is 0.0379. The highest BCUT2D eigenvalue weighted by atomic mass is 16.3. The Bertz CT molecular complexity index is 878. The molecule has 4 rings (SSSR count). The molecule has 5 nitrogen and oxygen atoms in total. The molecule has 2 heterocycles. The molecular weight excluding hydrogens is 364 g/mol. The number of hydrogen-bond donors (Lipinski definition) is 1. The molecule has 2 aliphatic rings. The molecule has 29 heavy (non-hydrogen) atoms. The van der Waals surface area contributed by atoms with E-state index in [2.05, 4.69) is 0 Å². The van der Waals surface area contributed by atoms with Crippen molar-refractivity contribution in [2.75, 3.05) is 13.1 Å². The zero-order chi connectivity index (χ0) is 20.2. The van der Waals surface area contributed by atoms with Crippen molar-refractivity contribution in [1.29, 1.82) is 0 Å². The van der Waals surface area contributed by atoms with Crippen LogP contribution in [-0.2, 0) is 17.8 Å². The fourth-order valence-electron chi connectivity index (χ4n) is 4.49. The highest BCUT2D eigenvalue weighted by Gasteiger charge is 2.30. The van der Waals surface area contributed by atoms with Gasteiger partial charge in [0.25, 0.3) is 5.91 Å². The van der Waals surface area contributed by atoms with Gasteiger partial charge < -0.3 is 14.9 Å². The maximum absolute atomic E-state index is 13.0. The monoisotopic (exact) mass is 392 g/mol. The standard InChI is InChI=1S/C24H28N2O3/c27-21-12-9-18(10-13-21)8-11-20-6-3-4-15-26(20)23(28)14-16-25-17-19-5-1-2-7-22(19)24(25)29/h1-2,5,7,9-10,12-13,20,27H,3-4,6,8,11,14-17H2/t20-/m0/s1. The Morgan fingerprint density at radius 2 is 1.86 bits per heavy atom. The van der Waals surface area contributed by atoms with E-state index in [9.17, 15) is 14.7 Å². The Morgan fingerprint density at radius 1 is 1.07 bits per heavy atom.